The van der Waals surface area contributed by atoms with Crippen LogP contribution in [0.2, 0.25) is 0 Å². The third kappa shape index (κ3) is 16.5. The Kier molecular flexibility index (Phi) is 14.6. The molecular weight excluding hydrogens is 318 g/mol. The quantitative estimate of drug-likeness (QED) is 0.291. The first-order chi connectivity index (χ1) is 12.3. The summed E-state index contributed by atoms with van der Waals surface area (Å²) in [6, 6.07) is 0. The van der Waals surface area contributed by atoms with Crippen molar-refractivity contribution in [3.63, 3.8) is 0 Å². The Morgan fingerprint density at radius 1 is 0.500 bits per heavy atom. The molecule has 0 aromatic heterocycles. The fourth-order valence-electron chi connectivity index (χ4n) is 3.25. The van der Waals surface area contributed by atoms with Gasteiger partial charge in [-0.3, -0.25) is 0 Å². The topological polar surface area (TPSA) is 47.6 Å². The van der Waals surface area contributed by atoms with Crippen molar-refractivity contribution >= 4 is 14.8 Å². The van der Waals surface area contributed by atoms with Gasteiger partial charge in [-0.2, -0.15) is 0 Å². The second-order valence-corrected chi connectivity index (χ2v) is 8.76. The molecule has 0 saturated heterocycles. The van der Waals surface area contributed by atoms with Crippen LogP contribution in [0.25, 0.3) is 0 Å². The van der Waals surface area contributed by atoms with E-state index in [1.807, 2.05) is 0 Å². The van der Waals surface area contributed by atoms with Gasteiger partial charge in [-0.1, -0.05) is 51.4 Å². The van der Waals surface area contributed by atoms with E-state index in [0.717, 1.165) is 13.1 Å². The van der Waals surface area contributed by atoms with Gasteiger partial charge in [0.1, 0.15) is 14.8 Å². The van der Waals surface area contributed by atoms with E-state index in [4.69, 9.17) is 10.5 Å². The molecule has 4 nitrogen and oxygen atoms in total. The van der Waals surface area contributed by atoms with Crippen molar-refractivity contribution < 1.29 is 8.79 Å². The van der Waals surface area contributed by atoms with Gasteiger partial charge in [-0.15, -0.1) is 11.9 Å². The lowest BCUT2D eigenvalue weighted by molar-refractivity contribution is -0.777. The van der Waals surface area contributed by atoms with E-state index >= 15 is 0 Å². The molecule has 0 aliphatic carbocycles. The molecule has 4 radical (unpaired) electrons. The lowest BCUT2D eigenvalue weighted by Crippen LogP contribution is -2.43. The van der Waals surface area contributed by atoms with Crippen LogP contribution in [-0.2, 0) is 0 Å². The molecule has 0 heterocycles. The minimum Gasteiger partial charge on any atom is -0.553 e. The van der Waals surface area contributed by atoms with E-state index in [1.165, 1.54) is 77.0 Å². The maximum Gasteiger partial charge on any atom is 0.126 e. The Morgan fingerprint density at radius 3 is 0.962 bits per heavy atom. The number of unbranched alkanes of at least 4 members (excludes halogenated alkanes) is 11. The summed E-state index contributed by atoms with van der Waals surface area (Å²) in [4.78, 5) is 0. The summed E-state index contributed by atoms with van der Waals surface area (Å²) in [6.07, 6.45) is 15.9. The number of nitrogens with zero attached hydrogens (tertiary/aromatic N) is 4. The predicted octanol–water partition coefficient (Wildman–Crippen LogP) is 4.02. The number of nitriles is 2. The van der Waals surface area contributed by atoms with Crippen molar-refractivity contribution in [3.05, 3.63) is 0 Å². The highest BCUT2D eigenvalue weighted by atomic mass is 15.2. The Morgan fingerprint density at radius 2 is 0.731 bits per heavy atom. The summed E-state index contributed by atoms with van der Waals surface area (Å²) < 4.78 is 1.42. The van der Waals surface area contributed by atoms with Gasteiger partial charge < -0.3 is 8.79 Å². The zero-order valence-electron chi connectivity index (χ0n) is 17.8. The molecule has 0 saturated carbocycles. The van der Waals surface area contributed by atoms with Crippen LogP contribution in [0.4, 0.5) is 0 Å². The smallest absolute Gasteiger partial charge is 0.126 e. The van der Waals surface area contributed by atoms with E-state index in [9.17, 15) is 0 Å². The molecule has 0 aromatic carbocycles. The van der Waals surface area contributed by atoms with Gasteiger partial charge in [0.05, 0.1) is 0 Å². The number of quaternary nitrogens is 2. The van der Waals surface area contributed by atoms with Gasteiger partial charge in [0.15, 0.2) is 0 Å². The Bertz CT molecular complexity index is 385. The minimum atomic E-state index is 0.712. The molecule has 0 amide bonds. The lowest BCUT2D eigenvalue weighted by atomic mass is 9.91. The number of rotatable bonds is 17. The van der Waals surface area contributed by atoms with Crippen LogP contribution in [0.1, 0.15) is 77.0 Å². The third-order valence-electron chi connectivity index (χ3n) is 5.03. The van der Waals surface area contributed by atoms with Gasteiger partial charge in [0, 0.05) is 41.3 Å². The van der Waals surface area contributed by atoms with Gasteiger partial charge in [-0.25, -0.2) is 10.5 Å². The largest absolute Gasteiger partial charge is 0.553 e. The highest BCUT2D eigenvalue weighted by molar-refractivity contribution is 6.36. The summed E-state index contributed by atoms with van der Waals surface area (Å²) in [7, 11) is 11.8. The van der Waals surface area contributed by atoms with Crippen molar-refractivity contribution in [3.8, 4) is 11.9 Å². The Hall–Kier alpha value is -0.970. The first-order valence-corrected chi connectivity index (χ1v) is 10.5. The third-order valence-corrected chi connectivity index (χ3v) is 5.03. The van der Waals surface area contributed by atoms with E-state index in [0.29, 0.717) is 8.79 Å². The molecule has 0 fully saturated rings. The van der Waals surface area contributed by atoms with E-state index in [-0.39, 0.29) is 0 Å². The highest BCUT2D eigenvalue weighted by Gasteiger charge is 2.04. The molecule has 0 aliphatic rings. The van der Waals surface area contributed by atoms with Crippen LogP contribution in [0.5, 0.6) is 0 Å². The lowest BCUT2D eigenvalue weighted by Gasteiger charge is -2.40. The van der Waals surface area contributed by atoms with E-state index in [1.54, 1.807) is 14.8 Å². The second-order valence-electron chi connectivity index (χ2n) is 8.76. The molecular formula is C20H40B2N4. The van der Waals surface area contributed by atoms with Gasteiger partial charge in [0.2, 0.25) is 0 Å². The van der Waals surface area contributed by atoms with Gasteiger partial charge in [-0.05, 0) is 25.7 Å². The molecule has 0 aliphatic heterocycles. The Labute approximate surface area is 164 Å². The van der Waals surface area contributed by atoms with E-state index < -0.39 is 0 Å². The maximum atomic E-state index is 8.72. The molecule has 0 spiro atoms. The molecule has 0 N–H and O–H groups in total. The standard InChI is InChI=1S/C20H40B2N4/c1-25(2,21-19-23)17-15-13-11-9-7-5-6-8-10-12-14-16-18-26(3,4)22-20-24/h5-18H2,1-4H3. The first kappa shape index (κ1) is 25.0. The average molecular weight is 358 g/mol. The maximum absolute atomic E-state index is 8.72. The van der Waals surface area contributed by atoms with Crippen molar-refractivity contribution in [2.24, 2.45) is 0 Å². The minimum absolute atomic E-state index is 0.712. The predicted molar refractivity (Wildman–Crippen MR) is 112 cm³/mol. The zero-order valence-corrected chi connectivity index (χ0v) is 17.8. The monoisotopic (exact) mass is 358 g/mol. The molecule has 0 unspecified atom stereocenters. The van der Waals surface area contributed by atoms with Crippen molar-refractivity contribution in [1.29, 1.82) is 10.5 Å². The SMILES string of the molecule is C[N+](C)([B-]C#N)CCCCCCCCCCCCCC[N+](C)(C)[B-]C#N. The summed E-state index contributed by atoms with van der Waals surface area (Å²) in [5, 5.41) is 17.4. The molecule has 0 bridgehead atoms. The number of hydrogen-bond donors (Lipinski definition) is 0. The Balaban J connectivity index is 3.28. The van der Waals surface area contributed by atoms with Crippen LogP contribution < -0.4 is 0 Å². The highest BCUT2D eigenvalue weighted by Crippen LogP contribution is 2.13. The summed E-state index contributed by atoms with van der Waals surface area (Å²) in [5.74, 6) is 4.30. The average Bonchev–Trinajstić information content (AvgIpc) is 2.55. The molecule has 6 heteroatoms. The fraction of sp³-hybridized carbons (Fsp3) is 0.900. The van der Waals surface area contributed by atoms with Gasteiger partial charge in [0.25, 0.3) is 0 Å². The fourth-order valence-corrected chi connectivity index (χ4v) is 3.25. The zero-order chi connectivity index (χ0) is 19.7. The molecule has 0 aromatic rings. The van der Waals surface area contributed by atoms with Crippen LogP contribution in [0.15, 0.2) is 0 Å². The summed E-state index contributed by atoms with van der Waals surface area (Å²) in [6.45, 7) is 2.14. The van der Waals surface area contributed by atoms with Crippen molar-refractivity contribution in [2.45, 2.75) is 77.0 Å². The van der Waals surface area contributed by atoms with Gasteiger partial charge >= 0.3 is 0 Å². The molecule has 0 atom stereocenters. The molecule has 0 rings (SSSR count). The van der Waals surface area contributed by atoms with Crippen LogP contribution in [0.3, 0.4) is 0 Å². The van der Waals surface area contributed by atoms with Crippen LogP contribution >= 0.6 is 0 Å². The summed E-state index contributed by atoms with van der Waals surface area (Å²) in [5.41, 5.74) is 0. The molecule has 26 heavy (non-hydrogen) atoms. The summed E-state index contributed by atoms with van der Waals surface area (Å²) >= 11 is 0. The van der Waals surface area contributed by atoms with E-state index in [2.05, 4.69) is 40.1 Å². The number of hydrogen-bond acceptors (Lipinski definition) is 2. The molecule has 146 valence electrons. The van der Waals surface area contributed by atoms with Crippen molar-refractivity contribution in [1.82, 2.24) is 0 Å². The van der Waals surface area contributed by atoms with Crippen LogP contribution in [0, 0.1) is 22.5 Å². The van der Waals surface area contributed by atoms with Crippen molar-refractivity contribution in [2.75, 3.05) is 41.3 Å². The first-order valence-electron chi connectivity index (χ1n) is 10.5. The normalized spacial score (nSPS) is 11.9. The second kappa shape index (κ2) is 15.1. The van der Waals surface area contributed by atoms with Crippen LogP contribution in [-0.4, -0.2) is 64.9 Å².